The number of amides is 1. The lowest BCUT2D eigenvalue weighted by atomic mass is 10.0. The highest BCUT2D eigenvalue weighted by atomic mass is 16.2. The molecule has 4 heteroatoms. The van der Waals surface area contributed by atoms with E-state index in [1.807, 2.05) is 30.3 Å². The predicted octanol–water partition coefficient (Wildman–Crippen LogP) is 1.75. The lowest BCUT2D eigenvalue weighted by Gasteiger charge is -2.31. The first-order chi connectivity index (χ1) is 10.2. The molecule has 21 heavy (non-hydrogen) atoms. The SMILES string of the molecule is CCN(CC(=O)NCc1ccccc1)C1CCCC1CN. The summed E-state index contributed by atoms with van der Waals surface area (Å²) in [6.45, 7) is 4.83. The summed E-state index contributed by atoms with van der Waals surface area (Å²) in [4.78, 5) is 14.4. The van der Waals surface area contributed by atoms with Crippen LogP contribution in [0.5, 0.6) is 0 Å². The lowest BCUT2D eigenvalue weighted by molar-refractivity contribution is -0.123. The number of nitrogens with zero attached hydrogens (tertiary/aromatic N) is 1. The predicted molar refractivity (Wildman–Crippen MR) is 85.7 cm³/mol. The molecular weight excluding hydrogens is 262 g/mol. The Hall–Kier alpha value is -1.39. The zero-order chi connectivity index (χ0) is 15.1. The summed E-state index contributed by atoms with van der Waals surface area (Å²) < 4.78 is 0. The van der Waals surface area contributed by atoms with Gasteiger partial charge in [-0.3, -0.25) is 9.69 Å². The molecule has 116 valence electrons. The quantitative estimate of drug-likeness (QED) is 0.804. The van der Waals surface area contributed by atoms with Crippen LogP contribution in [0.2, 0.25) is 0 Å². The van der Waals surface area contributed by atoms with E-state index in [0.717, 1.165) is 18.7 Å². The summed E-state index contributed by atoms with van der Waals surface area (Å²) in [6.07, 6.45) is 3.60. The van der Waals surface area contributed by atoms with Gasteiger partial charge in [-0.05, 0) is 37.4 Å². The van der Waals surface area contributed by atoms with Gasteiger partial charge in [0, 0.05) is 12.6 Å². The summed E-state index contributed by atoms with van der Waals surface area (Å²) in [5.74, 6) is 0.648. The molecule has 2 atom stereocenters. The molecule has 0 heterocycles. The van der Waals surface area contributed by atoms with Crippen molar-refractivity contribution < 1.29 is 4.79 Å². The zero-order valence-electron chi connectivity index (χ0n) is 12.9. The first-order valence-electron chi connectivity index (χ1n) is 7.99. The molecule has 4 nitrogen and oxygen atoms in total. The maximum Gasteiger partial charge on any atom is 0.234 e. The largest absolute Gasteiger partial charge is 0.351 e. The number of likely N-dealkylation sites (N-methyl/N-ethyl adjacent to an activating group) is 1. The smallest absolute Gasteiger partial charge is 0.234 e. The van der Waals surface area contributed by atoms with Crippen molar-refractivity contribution in [1.82, 2.24) is 10.2 Å². The minimum absolute atomic E-state index is 0.100. The molecule has 3 N–H and O–H groups in total. The van der Waals surface area contributed by atoms with Crippen molar-refractivity contribution in [2.24, 2.45) is 11.7 Å². The summed E-state index contributed by atoms with van der Waals surface area (Å²) in [7, 11) is 0. The number of benzene rings is 1. The van der Waals surface area contributed by atoms with Gasteiger partial charge in [0.2, 0.25) is 5.91 Å². The number of hydrogen-bond donors (Lipinski definition) is 2. The number of carbonyl (C=O) groups excluding carboxylic acids is 1. The summed E-state index contributed by atoms with van der Waals surface area (Å²) in [5, 5.41) is 3.01. The molecule has 2 rings (SSSR count). The fraction of sp³-hybridized carbons (Fsp3) is 0.588. The number of hydrogen-bond acceptors (Lipinski definition) is 3. The number of nitrogens with two attached hydrogens (primary N) is 1. The second-order valence-corrected chi connectivity index (χ2v) is 5.82. The monoisotopic (exact) mass is 289 g/mol. The van der Waals surface area contributed by atoms with Crippen LogP contribution >= 0.6 is 0 Å². The van der Waals surface area contributed by atoms with E-state index in [1.54, 1.807) is 0 Å². The number of carbonyl (C=O) groups is 1. The normalized spacial score (nSPS) is 21.7. The molecule has 0 radical (unpaired) electrons. The van der Waals surface area contributed by atoms with E-state index in [-0.39, 0.29) is 5.91 Å². The molecule has 0 saturated heterocycles. The van der Waals surface area contributed by atoms with Crippen LogP contribution in [0.25, 0.3) is 0 Å². The zero-order valence-corrected chi connectivity index (χ0v) is 12.9. The maximum atomic E-state index is 12.2. The molecule has 0 bridgehead atoms. The Kier molecular flexibility index (Phi) is 6.21. The highest BCUT2D eigenvalue weighted by Crippen LogP contribution is 2.28. The van der Waals surface area contributed by atoms with Crippen molar-refractivity contribution in [1.29, 1.82) is 0 Å². The average molecular weight is 289 g/mol. The molecular formula is C17H27N3O. The number of rotatable bonds is 7. The van der Waals surface area contributed by atoms with Gasteiger partial charge in [0.25, 0.3) is 0 Å². The Labute approximate surface area is 127 Å². The van der Waals surface area contributed by atoms with Gasteiger partial charge in [-0.25, -0.2) is 0 Å². The van der Waals surface area contributed by atoms with Crippen molar-refractivity contribution in [3.05, 3.63) is 35.9 Å². The van der Waals surface area contributed by atoms with Crippen LogP contribution in [0.3, 0.4) is 0 Å². The van der Waals surface area contributed by atoms with Gasteiger partial charge in [-0.2, -0.15) is 0 Å². The molecule has 1 fully saturated rings. The van der Waals surface area contributed by atoms with Gasteiger partial charge in [-0.1, -0.05) is 43.7 Å². The van der Waals surface area contributed by atoms with E-state index in [1.165, 1.54) is 19.3 Å². The Balaban J connectivity index is 1.82. The average Bonchev–Trinajstić information content (AvgIpc) is 3.00. The van der Waals surface area contributed by atoms with E-state index < -0.39 is 0 Å². The standard InChI is InChI=1S/C17H27N3O/c1-2-20(16-10-6-9-15(16)11-18)13-17(21)19-12-14-7-4-3-5-8-14/h3-5,7-8,15-16H,2,6,9-13,18H2,1H3,(H,19,21). The third kappa shape index (κ3) is 4.55. The fourth-order valence-electron chi connectivity index (χ4n) is 3.27. The van der Waals surface area contributed by atoms with E-state index in [9.17, 15) is 4.79 Å². The van der Waals surface area contributed by atoms with Gasteiger partial charge in [-0.15, -0.1) is 0 Å². The van der Waals surface area contributed by atoms with Gasteiger partial charge in [0.05, 0.1) is 6.54 Å². The first kappa shape index (κ1) is 16.0. The molecule has 1 aromatic carbocycles. The van der Waals surface area contributed by atoms with Crippen molar-refractivity contribution in [2.45, 2.75) is 38.8 Å². The Bertz CT molecular complexity index is 435. The second-order valence-electron chi connectivity index (χ2n) is 5.82. The van der Waals surface area contributed by atoms with Gasteiger partial charge in [0.15, 0.2) is 0 Å². The van der Waals surface area contributed by atoms with Crippen molar-refractivity contribution >= 4 is 5.91 Å². The molecule has 1 amide bonds. The van der Waals surface area contributed by atoms with E-state index in [2.05, 4.69) is 17.1 Å². The second kappa shape index (κ2) is 8.15. The Morgan fingerprint density at radius 3 is 2.76 bits per heavy atom. The topological polar surface area (TPSA) is 58.4 Å². The van der Waals surface area contributed by atoms with Crippen molar-refractivity contribution in [3.63, 3.8) is 0 Å². The van der Waals surface area contributed by atoms with Crippen LogP contribution < -0.4 is 11.1 Å². The van der Waals surface area contributed by atoms with E-state index in [4.69, 9.17) is 5.73 Å². The van der Waals surface area contributed by atoms with Crippen LogP contribution in [0, 0.1) is 5.92 Å². The number of nitrogens with one attached hydrogen (secondary N) is 1. The third-order valence-electron chi connectivity index (χ3n) is 4.48. The van der Waals surface area contributed by atoms with E-state index >= 15 is 0 Å². The van der Waals surface area contributed by atoms with Gasteiger partial charge >= 0.3 is 0 Å². The highest BCUT2D eigenvalue weighted by Gasteiger charge is 2.31. The molecule has 0 spiro atoms. The molecule has 1 saturated carbocycles. The Morgan fingerprint density at radius 1 is 1.33 bits per heavy atom. The van der Waals surface area contributed by atoms with Crippen LogP contribution in [0.4, 0.5) is 0 Å². The third-order valence-corrected chi connectivity index (χ3v) is 4.48. The van der Waals surface area contributed by atoms with Gasteiger partial charge in [0.1, 0.15) is 0 Å². The highest BCUT2D eigenvalue weighted by molar-refractivity contribution is 5.78. The lowest BCUT2D eigenvalue weighted by Crippen LogP contribution is -2.45. The molecule has 1 aliphatic rings. The maximum absolute atomic E-state index is 12.2. The van der Waals surface area contributed by atoms with Crippen molar-refractivity contribution in [3.8, 4) is 0 Å². The van der Waals surface area contributed by atoms with Crippen LogP contribution in [-0.4, -0.2) is 36.5 Å². The Morgan fingerprint density at radius 2 is 2.10 bits per heavy atom. The van der Waals surface area contributed by atoms with Crippen LogP contribution in [0.1, 0.15) is 31.7 Å². The first-order valence-corrected chi connectivity index (χ1v) is 7.99. The molecule has 0 aliphatic heterocycles. The minimum Gasteiger partial charge on any atom is -0.351 e. The van der Waals surface area contributed by atoms with Gasteiger partial charge < -0.3 is 11.1 Å². The molecule has 2 unspecified atom stereocenters. The summed E-state index contributed by atoms with van der Waals surface area (Å²) >= 11 is 0. The van der Waals surface area contributed by atoms with E-state index in [0.29, 0.717) is 25.0 Å². The molecule has 1 aromatic rings. The molecule has 0 aromatic heterocycles. The van der Waals surface area contributed by atoms with Crippen LogP contribution in [0.15, 0.2) is 30.3 Å². The summed E-state index contributed by atoms with van der Waals surface area (Å²) in [6, 6.07) is 10.5. The minimum atomic E-state index is 0.100. The fourth-order valence-corrected chi connectivity index (χ4v) is 3.27. The molecule has 1 aliphatic carbocycles. The van der Waals surface area contributed by atoms with Crippen molar-refractivity contribution in [2.75, 3.05) is 19.6 Å². The van der Waals surface area contributed by atoms with Crippen LogP contribution in [-0.2, 0) is 11.3 Å². The summed E-state index contributed by atoms with van der Waals surface area (Å²) in [5.41, 5.74) is 6.99.